The van der Waals surface area contributed by atoms with Crippen LogP contribution < -0.4 is 5.32 Å². The molecule has 26 heavy (non-hydrogen) atoms. The average Bonchev–Trinajstić information content (AvgIpc) is 3.00. The number of nitrogens with one attached hydrogen (secondary N) is 1. The van der Waals surface area contributed by atoms with E-state index in [4.69, 9.17) is 5.11 Å². The number of alkyl halides is 3. The maximum atomic E-state index is 13.2. The molecule has 0 saturated heterocycles. The fourth-order valence-corrected chi connectivity index (χ4v) is 2.91. The standard InChI is InChI=1S/C16H16F3N3O3S/c1-9(8-26-2)21-14(23)10-3-5-11(6-4-10)22-13(16(17,18)19)12(7-20-22)15(24)25/h3-7,9H,8H2,1-2H3,(H,21,23)(H,24,25). The number of benzene rings is 1. The van der Waals surface area contributed by atoms with E-state index in [0.29, 0.717) is 10.9 Å². The van der Waals surface area contributed by atoms with E-state index in [0.717, 1.165) is 5.75 Å². The average molecular weight is 387 g/mol. The Morgan fingerprint density at radius 3 is 2.42 bits per heavy atom. The Kier molecular flexibility index (Phi) is 5.96. The van der Waals surface area contributed by atoms with Gasteiger partial charge < -0.3 is 10.4 Å². The van der Waals surface area contributed by atoms with Crippen molar-refractivity contribution in [3.8, 4) is 5.69 Å². The fraction of sp³-hybridized carbons (Fsp3) is 0.312. The van der Waals surface area contributed by atoms with Gasteiger partial charge in [0.15, 0.2) is 5.69 Å². The molecule has 0 bridgehead atoms. The number of halogens is 3. The molecule has 0 fully saturated rings. The molecule has 6 nitrogen and oxygen atoms in total. The largest absolute Gasteiger partial charge is 0.478 e. The van der Waals surface area contributed by atoms with E-state index in [-0.39, 0.29) is 23.2 Å². The molecule has 1 heterocycles. The quantitative estimate of drug-likeness (QED) is 0.796. The summed E-state index contributed by atoms with van der Waals surface area (Å²) < 4.78 is 40.2. The van der Waals surface area contributed by atoms with Crippen LogP contribution in [0.2, 0.25) is 0 Å². The third-order valence-electron chi connectivity index (χ3n) is 3.44. The highest BCUT2D eigenvalue weighted by Gasteiger charge is 2.40. The fourth-order valence-electron chi connectivity index (χ4n) is 2.33. The van der Waals surface area contributed by atoms with Crippen molar-refractivity contribution >= 4 is 23.6 Å². The van der Waals surface area contributed by atoms with E-state index >= 15 is 0 Å². The van der Waals surface area contributed by atoms with Crippen molar-refractivity contribution in [1.29, 1.82) is 0 Å². The van der Waals surface area contributed by atoms with Crippen molar-refractivity contribution in [3.05, 3.63) is 47.3 Å². The zero-order valence-corrected chi connectivity index (χ0v) is 14.7. The van der Waals surface area contributed by atoms with Gasteiger partial charge in [-0.15, -0.1) is 0 Å². The first-order chi connectivity index (χ1) is 12.1. The number of hydrogen-bond acceptors (Lipinski definition) is 4. The van der Waals surface area contributed by atoms with Crippen LogP contribution >= 0.6 is 11.8 Å². The van der Waals surface area contributed by atoms with Crippen molar-refractivity contribution in [2.75, 3.05) is 12.0 Å². The monoisotopic (exact) mass is 387 g/mol. The molecule has 1 unspecified atom stereocenters. The van der Waals surface area contributed by atoms with Crippen LogP contribution in [-0.4, -0.2) is 44.8 Å². The van der Waals surface area contributed by atoms with Gasteiger partial charge in [-0.05, 0) is 37.4 Å². The van der Waals surface area contributed by atoms with Gasteiger partial charge in [0.2, 0.25) is 0 Å². The summed E-state index contributed by atoms with van der Waals surface area (Å²) in [6, 6.07) is 5.22. The SMILES string of the molecule is CSCC(C)NC(=O)c1ccc(-n2ncc(C(=O)O)c2C(F)(F)F)cc1. The Hall–Kier alpha value is -2.49. The lowest BCUT2D eigenvalue weighted by molar-refractivity contribution is -0.143. The molecule has 1 atom stereocenters. The number of hydrogen-bond donors (Lipinski definition) is 2. The zero-order chi connectivity index (χ0) is 19.5. The number of carboxylic acid groups (broad SMARTS) is 1. The van der Waals surface area contributed by atoms with Gasteiger partial charge in [0.05, 0.1) is 11.9 Å². The van der Waals surface area contributed by atoms with E-state index in [9.17, 15) is 22.8 Å². The smallest absolute Gasteiger partial charge is 0.434 e. The summed E-state index contributed by atoms with van der Waals surface area (Å²) in [6.07, 6.45) is -2.34. The predicted molar refractivity (Wildman–Crippen MR) is 90.8 cm³/mol. The van der Waals surface area contributed by atoms with Crippen LogP contribution in [0.15, 0.2) is 30.5 Å². The van der Waals surface area contributed by atoms with Crippen LogP contribution in [0.5, 0.6) is 0 Å². The van der Waals surface area contributed by atoms with Gasteiger partial charge in [0.1, 0.15) is 5.56 Å². The minimum absolute atomic E-state index is 0.00135. The molecule has 1 aromatic heterocycles. The van der Waals surface area contributed by atoms with E-state index in [1.54, 1.807) is 11.8 Å². The number of carboxylic acids is 1. The van der Waals surface area contributed by atoms with Gasteiger partial charge in [-0.1, -0.05) is 0 Å². The second kappa shape index (κ2) is 7.81. The topological polar surface area (TPSA) is 84.2 Å². The highest BCUT2D eigenvalue weighted by molar-refractivity contribution is 7.98. The number of nitrogens with zero attached hydrogens (tertiary/aromatic N) is 2. The molecule has 140 valence electrons. The minimum atomic E-state index is -4.90. The van der Waals surface area contributed by atoms with Crippen LogP contribution in [0.4, 0.5) is 13.2 Å². The van der Waals surface area contributed by atoms with Gasteiger partial charge in [0.25, 0.3) is 5.91 Å². The zero-order valence-electron chi connectivity index (χ0n) is 13.9. The maximum absolute atomic E-state index is 13.2. The first kappa shape index (κ1) is 19.8. The van der Waals surface area contributed by atoms with E-state index in [1.807, 2.05) is 13.2 Å². The minimum Gasteiger partial charge on any atom is -0.478 e. The lowest BCUT2D eigenvalue weighted by Gasteiger charge is -2.14. The highest BCUT2D eigenvalue weighted by atomic mass is 32.2. The number of thioether (sulfide) groups is 1. The summed E-state index contributed by atoms with van der Waals surface area (Å²) in [7, 11) is 0. The van der Waals surface area contributed by atoms with E-state index in [1.165, 1.54) is 24.3 Å². The van der Waals surface area contributed by atoms with Crippen molar-refractivity contribution in [2.24, 2.45) is 0 Å². The molecule has 0 aliphatic heterocycles. The van der Waals surface area contributed by atoms with Crippen LogP contribution in [0, 0.1) is 0 Å². The molecular weight excluding hydrogens is 371 g/mol. The van der Waals surface area contributed by atoms with Crippen LogP contribution in [-0.2, 0) is 6.18 Å². The second-order valence-electron chi connectivity index (χ2n) is 5.50. The molecule has 0 aliphatic rings. The Bertz CT molecular complexity index is 803. The Morgan fingerprint density at radius 1 is 1.31 bits per heavy atom. The number of aromatic nitrogens is 2. The van der Waals surface area contributed by atoms with Crippen molar-refractivity contribution < 1.29 is 27.9 Å². The van der Waals surface area contributed by atoms with E-state index in [2.05, 4.69) is 10.4 Å². The third kappa shape index (κ3) is 4.37. The molecule has 0 radical (unpaired) electrons. The second-order valence-corrected chi connectivity index (χ2v) is 6.41. The summed E-state index contributed by atoms with van der Waals surface area (Å²) in [5.74, 6) is -1.34. The third-order valence-corrected chi connectivity index (χ3v) is 4.27. The summed E-state index contributed by atoms with van der Waals surface area (Å²) >= 11 is 1.57. The molecule has 2 rings (SSSR count). The molecule has 1 amide bonds. The van der Waals surface area contributed by atoms with Crippen LogP contribution in [0.3, 0.4) is 0 Å². The maximum Gasteiger partial charge on any atom is 0.434 e. The highest BCUT2D eigenvalue weighted by Crippen LogP contribution is 2.33. The molecule has 2 N–H and O–H groups in total. The van der Waals surface area contributed by atoms with Gasteiger partial charge in [0, 0.05) is 17.4 Å². The predicted octanol–water partition coefficient (Wildman–Crippen LogP) is 3.07. The Balaban J connectivity index is 2.32. The Labute approximate surface area is 151 Å². The first-order valence-corrected chi connectivity index (χ1v) is 8.83. The molecule has 0 aliphatic carbocycles. The summed E-state index contributed by atoms with van der Waals surface area (Å²) in [5.41, 5.74) is -2.04. The number of rotatable bonds is 6. The van der Waals surface area contributed by atoms with Crippen molar-refractivity contribution in [2.45, 2.75) is 19.1 Å². The molecular formula is C16H16F3N3O3S. The molecule has 10 heteroatoms. The van der Waals surface area contributed by atoms with Crippen molar-refractivity contribution in [3.63, 3.8) is 0 Å². The van der Waals surface area contributed by atoms with Gasteiger partial charge in [-0.3, -0.25) is 4.79 Å². The molecule has 1 aromatic carbocycles. The van der Waals surface area contributed by atoms with Crippen LogP contribution in [0.25, 0.3) is 5.69 Å². The summed E-state index contributed by atoms with van der Waals surface area (Å²) in [4.78, 5) is 23.1. The summed E-state index contributed by atoms with van der Waals surface area (Å²) in [5, 5.41) is 15.2. The Morgan fingerprint density at radius 2 is 1.92 bits per heavy atom. The number of aromatic carboxylic acids is 1. The molecule has 2 aromatic rings. The van der Waals surface area contributed by atoms with Crippen LogP contribution in [0.1, 0.15) is 33.3 Å². The van der Waals surface area contributed by atoms with Crippen molar-refractivity contribution in [1.82, 2.24) is 15.1 Å². The number of carbonyl (C=O) groups is 2. The first-order valence-electron chi connectivity index (χ1n) is 7.44. The lowest BCUT2D eigenvalue weighted by atomic mass is 10.1. The van der Waals surface area contributed by atoms with Gasteiger partial charge in [-0.2, -0.15) is 30.0 Å². The molecule has 0 spiro atoms. The summed E-state index contributed by atoms with van der Waals surface area (Å²) in [6.45, 7) is 1.84. The number of amides is 1. The van der Waals surface area contributed by atoms with Gasteiger partial charge in [-0.25, -0.2) is 9.48 Å². The van der Waals surface area contributed by atoms with E-state index < -0.39 is 23.4 Å². The van der Waals surface area contributed by atoms with Gasteiger partial charge >= 0.3 is 12.1 Å². The lowest BCUT2D eigenvalue weighted by Crippen LogP contribution is -2.34. The normalized spacial score (nSPS) is 12.7. The number of carbonyl (C=O) groups excluding carboxylic acids is 1. The molecule has 0 saturated carbocycles.